The minimum absolute atomic E-state index is 0.726. The maximum absolute atomic E-state index is 4.16. The molecule has 0 saturated carbocycles. The number of anilines is 1. The average molecular weight is 189 g/mol. The fourth-order valence-corrected chi connectivity index (χ4v) is 2.39. The van der Waals surface area contributed by atoms with Gasteiger partial charge in [0.2, 0.25) is 0 Å². The van der Waals surface area contributed by atoms with Gasteiger partial charge in [-0.25, -0.2) is 0 Å². The Hall–Kier alpha value is -1.09. The van der Waals surface area contributed by atoms with Gasteiger partial charge in [0.1, 0.15) is 0 Å². The van der Waals surface area contributed by atoms with Crippen molar-refractivity contribution in [3.8, 4) is 0 Å². The molecule has 2 aliphatic rings. The molecular formula is C11H15N3. The first-order valence-corrected chi connectivity index (χ1v) is 5.32. The summed E-state index contributed by atoms with van der Waals surface area (Å²) in [5.41, 5.74) is 1.26. The van der Waals surface area contributed by atoms with Gasteiger partial charge in [0, 0.05) is 25.3 Å². The molecule has 0 spiro atoms. The van der Waals surface area contributed by atoms with E-state index >= 15 is 0 Å². The molecule has 2 fully saturated rings. The standard InChI is InChI=1S/C11H15N3/c1-2-10(7-12-4-1)14-5-3-9-6-13-11(9)8-14/h1-2,4,7,9,11,13H,3,5-6,8H2/t9-,11-/m0/s1. The molecule has 0 radical (unpaired) electrons. The zero-order valence-electron chi connectivity index (χ0n) is 8.19. The number of aromatic nitrogens is 1. The van der Waals surface area contributed by atoms with Gasteiger partial charge in [0.05, 0.1) is 11.9 Å². The molecule has 1 aromatic rings. The molecule has 2 atom stereocenters. The second-order valence-electron chi connectivity index (χ2n) is 4.22. The molecule has 3 rings (SSSR count). The molecule has 14 heavy (non-hydrogen) atoms. The molecule has 1 aromatic heterocycles. The van der Waals surface area contributed by atoms with Crippen molar-refractivity contribution in [1.29, 1.82) is 0 Å². The van der Waals surface area contributed by atoms with Gasteiger partial charge >= 0.3 is 0 Å². The Morgan fingerprint density at radius 1 is 1.50 bits per heavy atom. The third-order valence-corrected chi connectivity index (χ3v) is 3.41. The van der Waals surface area contributed by atoms with Crippen molar-refractivity contribution >= 4 is 5.69 Å². The van der Waals surface area contributed by atoms with Gasteiger partial charge < -0.3 is 10.2 Å². The van der Waals surface area contributed by atoms with Crippen LogP contribution in [-0.2, 0) is 0 Å². The van der Waals surface area contributed by atoms with E-state index < -0.39 is 0 Å². The summed E-state index contributed by atoms with van der Waals surface area (Å²) in [6, 6.07) is 4.88. The Morgan fingerprint density at radius 2 is 2.50 bits per heavy atom. The molecule has 0 amide bonds. The molecule has 3 heteroatoms. The Labute approximate surface area is 84.1 Å². The predicted molar refractivity (Wildman–Crippen MR) is 56.3 cm³/mol. The van der Waals surface area contributed by atoms with E-state index in [1.54, 1.807) is 0 Å². The van der Waals surface area contributed by atoms with E-state index in [9.17, 15) is 0 Å². The zero-order chi connectivity index (χ0) is 9.38. The Kier molecular flexibility index (Phi) is 1.91. The lowest BCUT2D eigenvalue weighted by molar-refractivity contribution is 0.197. The number of hydrogen-bond donors (Lipinski definition) is 1. The molecule has 0 unspecified atom stereocenters. The summed E-state index contributed by atoms with van der Waals surface area (Å²) in [6.07, 6.45) is 5.11. The fraction of sp³-hybridized carbons (Fsp3) is 0.545. The monoisotopic (exact) mass is 189 g/mol. The first-order valence-electron chi connectivity index (χ1n) is 5.32. The van der Waals surface area contributed by atoms with E-state index in [2.05, 4.69) is 21.3 Å². The quantitative estimate of drug-likeness (QED) is 0.711. The van der Waals surface area contributed by atoms with Crippen LogP contribution in [0.3, 0.4) is 0 Å². The summed E-state index contributed by atoms with van der Waals surface area (Å²) in [7, 11) is 0. The van der Waals surface area contributed by atoms with Crippen LogP contribution in [0.2, 0.25) is 0 Å². The third-order valence-electron chi connectivity index (χ3n) is 3.41. The molecule has 0 bridgehead atoms. The van der Waals surface area contributed by atoms with Crippen molar-refractivity contribution in [2.45, 2.75) is 12.5 Å². The van der Waals surface area contributed by atoms with E-state index in [4.69, 9.17) is 0 Å². The zero-order valence-corrected chi connectivity index (χ0v) is 8.19. The van der Waals surface area contributed by atoms with E-state index in [-0.39, 0.29) is 0 Å². The van der Waals surface area contributed by atoms with Crippen LogP contribution in [0, 0.1) is 5.92 Å². The van der Waals surface area contributed by atoms with Crippen molar-refractivity contribution in [2.75, 3.05) is 24.5 Å². The lowest BCUT2D eigenvalue weighted by atomic mass is 9.85. The highest BCUT2D eigenvalue weighted by atomic mass is 15.2. The summed E-state index contributed by atoms with van der Waals surface area (Å²) in [5.74, 6) is 0.933. The largest absolute Gasteiger partial charge is 0.369 e. The van der Waals surface area contributed by atoms with E-state index in [1.165, 1.54) is 25.2 Å². The predicted octanol–water partition coefficient (Wildman–Crippen LogP) is 0.880. The molecular weight excluding hydrogens is 174 g/mol. The Bertz CT molecular complexity index is 312. The summed E-state index contributed by atoms with van der Waals surface area (Å²) in [4.78, 5) is 6.59. The van der Waals surface area contributed by atoms with Gasteiger partial charge in [-0.05, 0) is 31.0 Å². The van der Waals surface area contributed by atoms with Crippen molar-refractivity contribution in [2.24, 2.45) is 5.92 Å². The number of piperidine rings is 1. The molecule has 3 heterocycles. The van der Waals surface area contributed by atoms with Crippen molar-refractivity contribution in [1.82, 2.24) is 10.3 Å². The van der Waals surface area contributed by atoms with Crippen molar-refractivity contribution in [3.05, 3.63) is 24.5 Å². The van der Waals surface area contributed by atoms with Crippen LogP contribution in [-0.4, -0.2) is 30.7 Å². The smallest absolute Gasteiger partial charge is 0.0553 e. The molecule has 2 saturated heterocycles. The van der Waals surface area contributed by atoms with Gasteiger partial charge in [-0.15, -0.1) is 0 Å². The van der Waals surface area contributed by atoms with Crippen LogP contribution < -0.4 is 10.2 Å². The molecule has 0 aromatic carbocycles. The molecule has 0 aliphatic carbocycles. The summed E-state index contributed by atoms with van der Waals surface area (Å²) >= 11 is 0. The average Bonchev–Trinajstić information content (AvgIpc) is 2.21. The normalized spacial score (nSPS) is 30.7. The summed E-state index contributed by atoms with van der Waals surface area (Å²) in [6.45, 7) is 3.57. The summed E-state index contributed by atoms with van der Waals surface area (Å²) in [5, 5.41) is 3.49. The Balaban J connectivity index is 1.74. The maximum atomic E-state index is 4.16. The number of hydrogen-bond acceptors (Lipinski definition) is 3. The molecule has 2 aliphatic heterocycles. The Morgan fingerprint density at radius 3 is 3.14 bits per heavy atom. The van der Waals surface area contributed by atoms with Crippen LogP contribution in [0.15, 0.2) is 24.5 Å². The van der Waals surface area contributed by atoms with Crippen LogP contribution in [0.25, 0.3) is 0 Å². The fourth-order valence-electron chi connectivity index (χ4n) is 2.39. The second kappa shape index (κ2) is 3.24. The van der Waals surface area contributed by atoms with Crippen LogP contribution in [0.5, 0.6) is 0 Å². The second-order valence-corrected chi connectivity index (χ2v) is 4.22. The number of nitrogens with one attached hydrogen (secondary N) is 1. The minimum Gasteiger partial charge on any atom is -0.369 e. The first-order chi connectivity index (χ1) is 6.93. The summed E-state index contributed by atoms with van der Waals surface area (Å²) < 4.78 is 0. The topological polar surface area (TPSA) is 28.2 Å². The molecule has 1 N–H and O–H groups in total. The highest BCUT2D eigenvalue weighted by Gasteiger charge is 2.35. The molecule has 3 nitrogen and oxygen atoms in total. The van der Waals surface area contributed by atoms with E-state index in [0.717, 1.165) is 18.5 Å². The number of pyridine rings is 1. The van der Waals surface area contributed by atoms with Crippen molar-refractivity contribution in [3.63, 3.8) is 0 Å². The van der Waals surface area contributed by atoms with Gasteiger partial charge in [-0.2, -0.15) is 0 Å². The van der Waals surface area contributed by atoms with Gasteiger partial charge in [0.15, 0.2) is 0 Å². The number of fused-ring (bicyclic) bond motifs is 1. The number of rotatable bonds is 1. The molecule has 74 valence electrons. The number of nitrogens with zero attached hydrogens (tertiary/aromatic N) is 2. The highest BCUT2D eigenvalue weighted by molar-refractivity contribution is 5.44. The maximum Gasteiger partial charge on any atom is 0.0553 e. The van der Waals surface area contributed by atoms with Crippen LogP contribution in [0.1, 0.15) is 6.42 Å². The van der Waals surface area contributed by atoms with Crippen LogP contribution in [0.4, 0.5) is 5.69 Å². The van der Waals surface area contributed by atoms with Gasteiger partial charge in [-0.3, -0.25) is 4.98 Å². The lowest BCUT2D eigenvalue weighted by Crippen LogP contribution is -2.62. The van der Waals surface area contributed by atoms with Crippen LogP contribution >= 0.6 is 0 Å². The SMILES string of the molecule is c1cncc(N2CC[C@H]3CN[C@H]3C2)c1. The van der Waals surface area contributed by atoms with E-state index in [0.29, 0.717) is 0 Å². The third kappa shape index (κ3) is 1.28. The van der Waals surface area contributed by atoms with Crippen molar-refractivity contribution < 1.29 is 0 Å². The van der Waals surface area contributed by atoms with Gasteiger partial charge in [0.25, 0.3) is 0 Å². The highest BCUT2D eigenvalue weighted by Crippen LogP contribution is 2.26. The first kappa shape index (κ1) is 8.24. The van der Waals surface area contributed by atoms with E-state index in [1.807, 2.05) is 18.5 Å². The lowest BCUT2D eigenvalue weighted by Gasteiger charge is -2.46. The minimum atomic E-state index is 0.726. The van der Waals surface area contributed by atoms with Gasteiger partial charge in [-0.1, -0.05) is 0 Å².